The Labute approximate surface area is 102 Å². The van der Waals surface area contributed by atoms with E-state index >= 15 is 0 Å². The monoisotopic (exact) mass is 254 g/mol. The molecular formula is C12H18N2O2S. The number of aryl methyl sites for hydroxylation is 1. The minimum atomic E-state index is -3.18. The van der Waals surface area contributed by atoms with Crippen LogP contribution in [0.5, 0.6) is 0 Å². The van der Waals surface area contributed by atoms with E-state index in [9.17, 15) is 8.42 Å². The first-order valence-corrected chi connectivity index (χ1v) is 7.29. The highest BCUT2D eigenvalue weighted by Crippen LogP contribution is 2.23. The molecule has 2 N–H and O–H groups in total. The van der Waals surface area contributed by atoms with Crippen molar-refractivity contribution in [2.75, 3.05) is 13.1 Å². The normalized spacial score (nSPS) is 24.0. The van der Waals surface area contributed by atoms with Crippen LogP contribution in [0.25, 0.3) is 0 Å². The molecule has 17 heavy (non-hydrogen) atoms. The fourth-order valence-electron chi connectivity index (χ4n) is 2.08. The van der Waals surface area contributed by atoms with Crippen LogP contribution in [0.2, 0.25) is 0 Å². The zero-order valence-corrected chi connectivity index (χ0v) is 10.8. The summed E-state index contributed by atoms with van der Waals surface area (Å²) in [6.07, 6.45) is 0.644. The SMILES string of the molecule is Cc1ccc(CN2CC[C@H](CN)S2(=O)=O)cc1. The number of nitrogens with two attached hydrogens (primary N) is 1. The van der Waals surface area contributed by atoms with Gasteiger partial charge in [-0.1, -0.05) is 29.8 Å². The van der Waals surface area contributed by atoms with Crippen molar-refractivity contribution in [3.63, 3.8) is 0 Å². The van der Waals surface area contributed by atoms with E-state index in [0.717, 1.165) is 5.56 Å². The Kier molecular flexibility index (Phi) is 3.51. The molecule has 0 saturated carbocycles. The Morgan fingerprint density at radius 3 is 2.53 bits per heavy atom. The summed E-state index contributed by atoms with van der Waals surface area (Å²) in [5.41, 5.74) is 7.68. The minimum absolute atomic E-state index is 0.215. The lowest BCUT2D eigenvalue weighted by Crippen LogP contribution is -2.32. The van der Waals surface area contributed by atoms with Crippen LogP contribution in [0.15, 0.2) is 24.3 Å². The van der Waals surface area contributed by atoms with Crippen LogP contribution in [0.4, 0.5) is 0 Å². The second kappa shape index (κ2) is 4.76. The molecule has 1 aliphatic rings. The lowest BCUT2D eigenvalue weighted by atomic mass is 10.1. The van der Waals surface area contributed by atoms with Gasteiger partial charge in [0.25, 0.3) is 0 Å². The standard InChI is InChI=1S/C12H18N2O2S/c1-10-2-4-11(5-3-10)9-14-7-6-12(8-13)17(14,15)16/h2-5,12H,6-9,13H2,1H3/t12-/m1/s1. The van der Waals surface area contributed by atoms with Crippen LogP contribution in [0.3, 0.4) is 0 Å². The molecule has 0 unspecified atom stereocenters. The molecule has 1 heterocycles. The maximum Gasteiger partial charge on any atom is 0.218 e. The van der Waals surface area contributed by atoms with E-state index in [1.165, 1.54) is 9.87 Å². The molecule has 0 aliphatic carbocycles. The average Bonchev–Trinajstić information content (AvgIpc) is 2.57. The first kappa shape index (κ1) is 12.5. The van der Waals surface area contributed by atoms with Crippen molar-refractivity contribution < 1.29 is 8.42 Å². The van der Waals surface area contributed by atoms with Crippen LogP contribution in [0.1, 0.15) is 17.5 Å². The van der Waals surface area contributed by atoms with Crippen LogP contribution < -0.4 is 5.73 Å². The molecule has 0 spiro atoms. The zero-order chi connectivity index (χ0) is 12.5. The quantitative estimate of drug-likeness (QED) is 0.870. The molecule has 5 heteroatoms. The molecule has 1 aromatic carbocycles. The molecule has 0 bridgehead atoms. The first-order chi connectivity index (χ1) is 8.04. The molecule has 0 radical (unpaired) electrons. The Hall–Kier alpha value is -0.910. The van der Waals surface area contributed by atoms with Crippen molar-refractivity contribution >= 4 is 10.0 Å². The lowest BCUT2D eigenvalue weighted by Gasteiger charge is -2.16. The number of hydrogen-bond acceptors (Lipinski definition) is 3. The third-order valence-corrected chi connectivity index (χ3v) is 5.53. The molecule has 0 amide bonds. The van der Waals surface area contributed by atoms with Gasteiger partial charge in [-0.05, 0) is 18.9 Å². The summed E-state index contributed by atoms with van der Waals surface area (Å²) < 4.78 is 25.6. The van der Waals surface area contributed by atoms with Crippen molar-refractivity contribution in [1.82, 2.24) is 4.31 Å². The maximum atomic E-state index is 12.0. The number of benzene rings is 1. The summed E-state index contributed by atoms with van der Waals surface area (Å²) in [7, 11) is -3.18. The Balaban J connectivity index is 2.13. The van der Waals surface area contributed by atoms with E-state index in [1.54, 1.807) is 0 Å². The van der Waals surface area contributed by atoms with Crippen molar-refractivity contribution in [1.29, 1.82) is 0 Å². The molecule has 1 aliphatic heterocycles. The van der Waals surface area contributed by atoms with Gasteiger partial charge in [0, 0.05) is 19.6 Å². The van der Waals surface area contributed by atoms with Gasteiger partial charge in [-0.15, -0.1) is 0 Å². The summed E-state index contributed by atoms with van der Waals surface area (Å²) in [6.45, 7) is 3.27. The summed E-state index contributed by atoms with van der Waals surface area (Å²) in [4.78, 5) is 0. The van der Waals surface area contributed by atoms with E-state index in [4.69, 9.17) is 5.73 Å². The number of rotatable bonds is 3. The number of sulfonamides is 1. The van der Waals surface area contributed by atoms with Gasteiger partial charge in [0.1, 0.15) is 0 Å². The maximum absolute atomic E-state index is 12.0. The molecule has 0 aromatic heterocycles. The third kappa shape index (κ3) is 2.51. The van der Waals surface area contributed by atoms with Crippen LogP contribution in [-0.4, -0.2) is 31.1 Å². The van der Waals surface area contributed by atoms with E-state index < -0.39 is 15.3 Å². The fourth-order valence-corrected chi connectivity index (χ4v) is 3.84. The van der Waals surface area contributed by atoms with E-state index in [0.29, 0.717) is 19.5 Å². The smallest absolute Gasteiger partial charge is 0.218 e. The number of nitrogens with zero attached hydrogens (tertiary/aromatic N) is 1. The molecule has 4 nitrogen and oxygen atoms in total. The van der Waals surface area contributed by atoms with Gasteiger partial charge in [0.05, 0.1) is 5.25 Å². The molecule has 1 saturated heterocycles. The van der Waals surface area contributed by atoms with Gasteiger partial charge < -0.3 is 5.73 Å². The van der Waals surface area contributed by atoms with Crippen molar-refractivity contribution in [2.45, 2.75) is 25.1 Å². The van der Waals surface area contributed by atoms with E-state index in [2.05, 4.69) is 0 Å². The minimum Gasteiger partial charge on any atom is -0.329 e. The second-order valence-corrected chi connectivity index (χ2v) is 6.72. The van der Waals surface area contributed by atoms with Gasteiger partial charge in [-0.25, -0.2) is 8.42 Å². The predicted octanol–water partition coefficient (Wildman–Crippen LogP) is 0.858. The molecular weight excluding hydrogens is 236 g/mol. The fraction of sp³-hybridized carbons (Fsp3) is 0.500. The topological polar surface area (TPSA) is 63.4 Å². The van der Waals surface area contributed by atoms with Gasteiger partial charge in [-0.2, -0.15) is 4.31 Å². The van der Waals surface area contributed by atoms with E-state index in [-0.39, 0.29) is 6.54 Å². The summed E-state index contributed by atoms with van der Waals surface area (Å²) in [6, 6.07) is 7.94. The second-order valence-electron chi connectivity index (χ2n) is 4.51. The summed E-state index contributed by atoms with van der Waals surface area (Å²) in [5.74, 6) is 0. The summed E-state index contributed by atoms with van der Waals surface area (Å²) >= 11 is 0. The first-order valence-electron chi connectivity index (χ1n) is 5.78. The lowest BCUT2D eigenvalue weighted by molar-refractivity contribution is 0.439. The summed E-state index contributed by atoms with van der Waals surface area (Å²) in [5, 5.41) is -0.395. The van der Waals surface area contributed by atoms with Crippen LogP contribution in [0, 0.1) is 6.92 Å². The Bertz CT molecular complexity index is 482. The molecule has 94 valence electrons. The van der Waals surface area contributed by atoms with Crippen molar-refractivity contribution in [3.05, 3.63) is 35.4 Å². The Morgan fingerprint density at radius 1 is 1.35 bits per heavy atom. The zero-order valence-electron chi connectivity index (χ0n) is 9.96. The molecule has 1 aromatic rings. The third-order valence-electron chi connectivity index (χ3n) is 3.22. The van der Waals surface area contributed by atoms with Gasteiger partial charge in [0.15, 0.2) is 0 Å². The molecule has 1 atom stereocenters. The number of hydrogen-bond donors (Lipinski definition) is 1. The average molecular weight is 254 g/mol. The largest absolute Gasteiger partial charge is 0.329 e. The predicted molar refractivity (Wildman–Crippen MR) is 68.0 cm³/mol. The van der Waals surface area contributed by atoms with Crippen molar-refractivity contribution in [3.8, 4) is 0 Å². The van der Waals surface area contributed by atoms with Gasteiger partial charge in [-0.3, -0.25) is 0 Å². The Morgan fingerprint density at radius 2 is 2.00 bits per heavy atom. The highest BCUT2D eigenvalue weighted by atomic mass is 32.2. The van der Waals surface area contributed by atoms with E-state index in [1.807, 2.05) is 31.2 Å². The highest BCUT2D eigenvalue weighted by molar-refractivity contribution is 7.90. The van der Waals surface area contributed by atoms with Crippen LogP contribution >= 0.6 is 0 Å². The molecule has 1 fully saturated rings. The van der Waals surface area contributed by atoms with Gasteiger partial charge in [0.2, 0.25) is 10.0 Å². The van der Waals surface area contributed by atoms with Gasteiger partial charge >= 0.3 is 0 Å². The van der Waals surface area contributed by atoms with Crippen LogP contribution in [-0.2, 0) is 16.6 Å². The highest BCUT2D eigenvalue weighted by Gasteiger charge is 2.37. The molecule has 2 rings (SSSR count). The van der Waals surface area contributed by atoms with Crippen molar-refractivity contribution in [2.24, 2.45) is 5.73 Å².